The molecule has 1 aromatic carbocycles. The predicted molar refractivity (Wildman–Crippen MR) is 50.4 cm³/mol. The molecule has 1 rings (SSSR count). The van der Waals surface area contributed by atoms with Crippen molar-refractivity contribution >= 4 is 11.1 Å². The molecule has 0 amide bonds. The van der Waals surface area contributed by atoms with Crippen LogP contribution in [0.4, 0.5) is 0 Å². The van der Waals surface area contributed by atoms with Crippen molar-refractivity contribution in [3.05, 3.63) is 35.9 Å². The minimum atomic E-state index is -1.64. The molecule has 0 aromatic heterocycles. The van der Waals surface area contributed by atoms with Crippen LogP contribution in [-0.2, 0) is 39.9 Å². The normalized spacial score (nSPS) is 11.8. The number of hydrogen-bond donors (Lipinski definition) is 1. The second-order valence-electron chi connectivity index (χ2n) is 2.61. The second-order valence-corrected chi connectivity index (χ2v) is 3.67. The smallest absolute Gasteiger partial charge is 0.306 e. The van der Waals surface area contributed by atoms with Gasteiger partial charge in [0, 0.05) is 5.75 Å². The second kappa shape index (κ2) is 7.47. The topological polar surface area (TPSA) is 37.3 Å². The molecule has 0 spiro atoms. The molecule has 0 radical (unpaired) electrons. The van der Waals surface area contributed by atoms with Crippen molar-refractivity contribution in [3.63, 3.8) is 0 Å². The summed E-state index contributed by atoms with van der Waals surface area (Å²) in [6.45, 7) is 0. The molecule has 0 aliphatic heterocycles. The summed E-state index contributed by atoms with van der Waals surface area (Å²) in [6.07, 6.45) is 1.65. The van der Waals surface area contributed by atoms with E-state index in [1.165, 1.54) is 5.56 Å². The molecule has 1 unspecified atom stereocenters. The minimum Gasteiger partial charge on any atom is -0.306 e. The first-order valence-electron chi connectivity index (χ1n) is 3.90. The Morgan fingerprint density at radius 1 is 1.23 bits per heavy atom. The van der Waals surface area contributed by atoms with E-state index in [0.717, 1.165) is 12.8 Å². The first-order valence-corrected chi connectivity index (χ1v) is 5.18. The largest absolute Gasteiger partial charge is 1.00 e. The van der Waals surface area contributed by atoms with Crippen molar-refractivity contribution in [2.75, 3.05) is 5.75 Å². The van der Waals surface area contributed by atoms with Crippen LogP contribution in [0.15, 0.2) is 30.3 Å². The summed E-state index contributed by atoms with van der Waals surface area (Å²) in [5.41, 5.74) is 1.22. The number of aryl methyl sites for hydroxylation is 1. The van der Waals surface area contributed by atoms with Crippen LogP contribution in [0.2, 0.25) is 0 Å². The molecule has 1 N–H and O–H groups in total. The molecule has 0 heterocycles. The summed E-state index contributed by atoms with van der Waals surface area (Å²) in [4.78, 5) is 0. The molecular formula is C9H12AgO2S+. The first-order chi connectivity index (χ1) is 5.79. The number of rotatable bonds is 4. The molecule has 1 aromatic rings. The molecular weight excluding hydrogens is 280 g/mol. The number of hydrogen-bond acceptors (Lipinski definition) is 1. The molecule has 2 nitrogen and oxygen atoms in total. The molecule has 0 aliphatic rings. The van der Waals surface area contributed by atoms with Crippen LogP contribution in [0.25, 0.3) is 0 Å². The van der Waals surface area contributed by atoms with Gasteiger partial charge >= 0.3 is 22.4 Å². The van der Waals surface area contributed by atoms with E-state index in [0.29, 0.717) is 5.75 Å². The molecule has 13 heavy (non-hydrogen) atoms. The standard InChI is InChI=1S/C9H12O2S.Ag/c10-12(11)8-4-7-9-5-2-1-3-6-9;/h1-3,5-6H,4,7-8H2,(H,10,11);/q;+1. The Kier molecular flexibility index (Phi) is 7.51. The van der Waals surface area contributed by atoms with E-state index < -0.39 is 11.1 Å². The Balaban J connectivity index is 0.00000144. The maximum absolute atomic E-state index is 10.3. The maximum atomic E-state index is 10.3. The van der Waals surface area contributed by atoms with E-state index >= 15 is 0 Å². The van der Waals surface area contributed by atoms with Crippen molar-refractivity contribution in [2.45, 2.75) is 12.8 Å². The molecule has 0 aliphatic carbocycles. The molecule has 0 saturated carbocycles. The Bertz CT molecular complexity index is 251. The van der Waals surface area contributed by atoms with Gasteiger partial charge in [-0.05, 0) is 18.4 Å². The van der Waals surface area contributed by atoms with Gasteiger partial charge in [-0.15, -0.1) is 0 Å². The van der Waals surface area contributed by atoms with E-state index in [-0.39, 0.29) is 22.4 Å². The Labute approximate surface area is 96.5 Å². The van der Waals surface area contributed by atoms with Gasteiger partial charge < -0.3 is 4.55 Å². The fraction of sp³-hybridized carbons (Fsp3) is 0.333. The van der Waals surface area contributed by atoms with E-state index in [4.69, 9.17) is 4.55 Å². The fourth-order valence-corrected chi connectivity index (χ4v) is 1.44. The van der Waals surface area contributed by atoms with Gasteiger partial charge in [0.25, 0.3) is 0 Å². The van der Waals surface area contributed by atoms with Crippen LogP contribution in [0.1, 0.15) is 12.0 Å². The SMILES string of the molecule is O=S(O)CCCc1ccccc1.[Ag+]. The third-order valence-electron chi connectivity index (χ3n) is 1.63. The summed E-state index contributed by atoms with van der Waals surface area (Å²) >= 11 is -1.64. The van der Waals surface area contributed by atoms with Crippen molar-refractivity contribution in [3.8, 4) is 0 Å². The van der Waals surface area contributed by atoms with Crippen LogP contribution in [0.5, 0.6) is 0 Å². The van der Waals surface area contributed by atoms with Crippen LogP contribution in [0.3, 0.4) is 0 Å². The van der Waals surface area contributed by atoms with E-state index in [1.54, 1.807) is 0 Å². The zero-order valence-corrected chi connectivity index (χ0v) is 9.37. The zero-order valence-electron chi connectivity index (χ0n) is 7.07. The molecule has 76 valence electrons. The van der Waals surface area contributed by atoms with Crippen molar-refractivity contribution in [2.24, 2.45) is 0 Å². The van der Waals surface area contributed by atoms with Crippen molar-refractivity contribution in [1.29, 1.82) is 0 Å². The van der Waals surface area contributed by atoms with Gasteiger partial charge in [-0.2, -0.15) is 0 Å². The monoisotopic (exact) mass is 291 g/mol. The average Bonchev–Trinajstić information content (AvgIpc) is 2.05. The number of benzene rings is 1. The van der Waals surface area contributed by atoms with Gasteiger partial charge in [-0.3, -0.25) is 0 Å². The van der Waals surface area contributed by atoms with Gasteiger partial charge in [-0.1, -0.05) is 30.3 Å². The molecule has 4 heteroatoms. The third kappa shape index (κ3) is 6.18. The summed E-state index contributed by atoms with van der Waals surface area (Å²) in [5.74, 6) is 0.370. The quantitative estimate of drug-likeness (QED) is 0.679. The molecule has 1 atom stereocenters. The summed E-state index contributed by atoms with van der Waals surface area (Å²) in [7, 11) is 0. The maximum Gasteiger partial charge on any atom is 1.00 e. The molecule has 0 fully saturated rings. The fourth-order valence-electron chi connectivity index (χ4n) is 1.04. The van der Waals surface area contributed by atoms with Crippen LogP contribution >= 0.6 is 0 Å². The Morgan fingerprint density at radius 2 is 1.85 bits per heavy atom. The molecule has 0 bridgehead atoms. The van der Waals surface area contributed by atoms with Crippen LogP contribution in [-0.4, -0.2) is 14.5 Å². The van der Waals surface area contributed by atoms with Crippen molar-refractivity contribution < 1.29 is 31.1 Å². The van der Waals surface area contributed by atoms with Crippen LogP contribution < -0.4 is 0 Å². The van der Waals surface area contributed by atoms with Crippen molar-refractivity contribution in [1.82, 2.24) is 0 Å². The third-order valence-corrected chi connectivity index (χ3v) is 2.27. The van der Waals surface area contributed by atoms with Gasteiger partial charge in [0.1, 0.15) is 0 Å². The minimum absolute atomic E-state index is 0. The van der Waals surface area contributed by atoms with Gasteiger partial charge in [0.05, 0.1) is 0 Å². The van der Waals surface area contributed by atoms with E-state index in [1.807, 2.05) is 30.3 Å². The summed E-state index contributed by atoms with van der Waals surface area (Å²) in [5, 5.41) is 0. The van der Waals surface area contributed by atoms with Gasteiger partial charge in [0.2, 0.25) is 0 Å². The summed E-state index contributed by atoms with van der Waals surface area (Å²) in [6, 6.07) is 9.98. The van der Waals surface area contributed by atoms with E-state index in [9.17, 15) is 4.21 Å². The summed E-state index contributed by atoms with van der Waals surface area (Å²) < 4.78 is 18.8. The zero-order chi connectivity index (χ0) is 8.81. The Hall–Kier alpha value is 0.0703. The Morgan fingerprint density at radius 3 is 2.38 bits per heavy atom. The van der Waals surface area contributed by atoms with Gasteiger partial charge in [0.15, 0.2) is 11.1 Å². The average molecular weight is 292 g/mol. The van der Waals surface area contributed by atoms with Gasteiger partial charge in [-0.25, -0.2) is 4.21 Å². The first kappa shape index (κ1) is 13.1. The predicted octanol–water partition coefficient (Wildman–Crippen LogP) is 1.84. The van der Waals surface area contributed by atoms with Crippen LogP contribution in [0, 0.1) is 0 Å². The molecule has 0 saturated heterocycles. The van der Waals surface area contributed by atoms with E-state index in [2.05, 4.69) is 0 Å².